The normalized spacial score (nSPS) is 11.8. The molecule has 2 heterocycles. The molecule has 3 rings (SSSR count). The molecule has 0 aliphatic rings. The Labute approximate surface area is 179 Å². The monoisotopic (exact) mass is 424 g/mol. The summed E-state index contributed by atoms with van der Waals surface area (Å²) in [5.41, 5.74) is 1.57. The highest BCUT2D eigenvalue weighted by molar-refractivity contribution is 5.71. The zero-order valence-electron chi connectivity index (χ0n) is 17.3. The average Bonchev–Trinajstić information content (AvgIpc) is 2.75. The van der Waals surface area contributed by atoms with Crippen LogP contribution < -0.4 is 5.56 Å². The van der Waals surface area contributed by atoms with Crippen LogP contribution in [0.1, 0.15) is 34.7 Å². The highest BCUT2D eigenvalue weighted by atomic mass is 16.5. The number of pyridine rings is 2. The van der Waals surface area contributed by atoms with Crippen LogP contribution in [0.2, 0.25) is 0 Å². The van der Waals surface area contributed by atoms with E-state index in [2.05, 4.69) is 4.98 Å². The molecule has 0 saturated carbocycles. The van der Waals surface area contributed by atoms with Gasteiger partial charge in [0.1, 0.15) is 5.75 Å². The van der Waals surface area contributed by atoms with E-state index in [4.69, 9.17) is 4.74 Å². The molecule has 1 aromatic carbocycles. The smallest absolute Gasteiger partial charge is 0.306 e. The molecule has 0 spiro atoms. The third kappa shape index (κ3) is 4.85. The third-order valence-electron chi connectivity index (χ3n) is 5.22. The van der Waals surface area contributed by atoms with Crippen LogP contribution in [0.4, 0.5) is 0 Å². The predicted molar refractivity (Wildman–Crippen MR) is 113 cm³/mol. The lowest BCUT2D eigenvalue weighted by molar-refractivity contribution is -0.140. The number of esters is 1. The van der Waals surface area contributed by atoms with Gasteiger partial charge in [0, 0.05) is 30.6 Å². The lowest BCUT2D eigenvalue weighted by atomic mass is 9.89. The molecule has 3 aromatic rings. The Kier molecular flexibility index (Phi) is 6.59. The quantitative estimate of drug-likeness (QED) is 0.394. The Morgan fingerprint density at radius 3 is 2.55 bits per heavy atom. The number of carbonyl (C=O) groups is 1. The van der Waals surface area contributed by atoms with Crippen molar-refractivity contribution in [2.24, 2.45) is 0 Å². The Morgan fingerprint density at radius 1 is 1.13 bits per heavy atom. The van der Waals surface area contributed by atoms with Gasteiger partial charge in [-0.15, -0.1) is 0 Å². The van der Waals surface area contributed by atoms with Crippen molar-refractivity contribution in [1.29, 1.82) is 0 Å². The minimum atomic E-state index is -0.724. The number of ether oxygens (including phenoxy) is 1. The van der Waals surface area contributed by atoms with E-state index in [1.54, 1.807) is 37.5 Å². The van der Waals surface area contributed by atoms with Gasteiger partial charge in [-0.3, -0.25) is 14.6 Å². The third-order valence-corrected chi connectivity index (χ3v) is 5.22. The van der Waals surface area contributed by atoms with Gasteiger partial charge in [0.15, 0.2) is 11.5 Å². The SMILES string of the molecule is COC(=O)C[C@H](c1cccnc1)c1c(O)cc(C)n(CCc2ccc(O)c(O)c2)c1=O. The first kappa shape index (κ1) is 21.9. The fourth-order valence-electron chi connectivity index (χ4n) is 3.56. The van der Waals surface area contributed by atoms with Gasteiger partial charge in [-0.1, -0.05) is 12.1 Å². The summed E-state index contributed by atoms with van der Waals surface area (Å²) in [6.45, 7) is 1.98. The first-order valence-electron chi connectivity index (χ1n) is 9.72. The zero-order valence-corrected chi connectivity index (χ0v) is 17.3. The minimum absolute atomic E-state index is 0.0950. The van der Waals surface area contributed by atoms with Crippen molar-refractivity contribution in [2.45, 2.75) is 32.2 Å². The lowest BCUT2D eigenvalue weighted by Crippen LogP contribution is -2.29. The van der Waals surface area contributed by atoms with Crippen LogP contribution in [0.3, 0.4) is 0 Å². The van der Waals surface area contributed by atoms with Gasteiger partial charge in [0.05, 0.1) is 19.1 Å². The molecule has 0 saturated heterocycles. The van der Waals surface area contributed by atoms with Crippen molar-refractivity contribution in [1.82, 2.24) is 9.55 Å². The molecule has 162 valence electrons. The zero-order chi connectivity index (χ0) is 22.5. The number of hydrogen-bond acceptors (Lipinski definition) is 7. The molecule has 0 amide bonds. The van der Waals surface area contributed by atoms with Gasteiger partial charge >= 0.3 is 5.97 Å². The highest BCUT2D eigenvalue weighted by Crippen LogP contribution is 2.32. The van der Waals surface area contributed by atoms with Crippen LogP contribution in [0.25, 0.3) is 0 Å². The topological polar surface area (TPSA) is 122 Å². The number of hydrogen-bond donors (Lipinski definition) is 3. The number of aromatic nitrogens is 2. The predicted octanol–water partition coefficient (Wildman–Crippen LogP) is 2.61. The van der Waals surface area contributed by atoms with E-state index in [1.807, 2.05) is 0 Å². The van der Waals surface area contributed by atoms with Gasteiger partial charge in [-0.05, 0) is 48.7 Å². The van der Waals surface area contributed by atoms with Crippen molar-refractivity contribution < 1.29 is 24.9 Å². The first-order valence-corrected chi connectivity index (χ1v) is 9.72. The maximum atomic E-state index is 13.4. The second-order valence-electron chi connectivity index (χ2n) is 7.23. The molecule has 0 bridgehead atoms. The van der Waals surface area contributed by atoms with Crippen molar-refractivity contribution in [3.8, 4) is 17.2 Å². The summed E-state index contributed by atoms with van der Waals surface area (Å²) in [5, 5.41) is 29.8. The van der Waals surface area contributed by atoms with Gasteiger partial charge in [0.25, 0.3) is 5.56 Å². The van der Waals surface area contributed by atoms with E-state index < -0.39 is 17.4 Å². The summed E-state index contributed by atoms with van der Waals surface area (Å²) in [6.07, 6.45) is 3.42. The summed E-state index contributed by atoms with van der Waals surface area (Å²) in [6, 6.07) is 9.41. The fourth-order valence-corrected chi connectivity index (χ4v) is 3.56. The van der Waals surface area contributed by atoms with E-state index in [-0.39, 0.29) is 35.8 Å². The number of rotatable bonds is 7. The number of phenols is 2. The number of aromatic hydroxyl groups is 3. The molecule has 2 aromatic heterocycles. The van der Waals surface area contributed by atoms with Gasteiger partial charge in [-0.25, -0.2) is 0 Å². The van der Waals surface area contributed by atoms with Crippen molar-refractivity contribution in [3.63, 3.8) is 0 Å². The molecule has 1 atom stereocenters. The van der Waals surface area contributed by atoms with Crippen LogP contribution in [-0.4, -0.2) is 37.9 Å². The van der Waals surface area contributed by atoms with E-state index >= 15 is 0 Å². The largest absolute Gasteiger partial charge is 0.507 e. The Hall–Kier alpha value is -3.81. The van der Waals surface area contributed by atoms with Crippen LogP contribution in [0, 0.1) is 6.92 Å². The number of aryl methyl sites for hydroxylation is 2. The van der Waals surface area contributed by atoms with Crippen molar-refractivity contribution in [2.75, 3.05) is 7.11 Å². The molecular weight excluding hydrogens is 400 g/mol. The van der Waals surface area contributed by atoms with Gasteiger partial charge < -0.3 is 24.6 Å². The van der Waals surface area contributed by atoms with Gasteiger partial charge in [0.2, 0.25) is 0 Å². The molecule has 8 heteroatoms. The van der Waals surface area contributed by atoms with Crippen molar-refractivity contribution >= 4 is 5.97 Å². The minimum Gasteiger partial charge on any atom is -0.507 e. The Morgan fingerprint density at radius 2 is 1.90 bits per heavy atom. The van der Waals surface area contributed by atoms with E-state index in [9.17, 15) is 24.9 Å². The van der Waals surface area contributed by atoms with E-state index in [1.165, 1.54) is 29.9 Å². The van der Waals surface area contributed by atoms with Crippen molar-refractivity contribution in [3.05, 3.63) is 81.5 Å². The molecule has 0 aliphatic heterocycles. The first-order chi connectivity index (χ1) is 14.8. The molecule has 3 N–H and O–H groups in total. The standard InChI is InChI=1S/C23H24N2O6/c1-14-10-20(28)22(17(12-21(29)31-2)16-4-3-8-24-13-16)23(30)25(14)9-7-15-5-6-18(26)19(27)11-15/h3-6,8,10-11,13,17,26-28H,7,9,12H2,1-2H3/t17-/m1/s1. The van der Waals surface area contributed by atoms with Crippen LogP contribution in [0.15, 0.2) is 53.6 Å². The highest BCUT2D eigenvalue weighted by Gasteiger charge is 2.26. The van der Waals surface area contributed by atoms with Crippen LogP contribution >= 0.6 is 0 Å². The summed E-state index contributed by atoms with van der Waals surface area (Å²) in [4.78, 5) is 29.5. The molecular formula is C23H24N2O6. The fraction of sp³-hybridized carbons (Fsp3) is 0.261. The summed E-state index contributed by atoms with van der Waals surface area (Å²) < 4.78 is 6.30. The lowest BCUT2D eigenvalue weighted by Gasteiger charge is -2.20. The van der Waals surface area contributed by atoms with E-state index in [0.29, 0.717) is 17.7 Å². The molecule has 0 aliphatic carbocycles. The number of nitrogens with zero attached hydrogens (tertiary/aromatic N) is 2. The molecule has 0 fully saturated rings. The summed E-state index contributed by atoms with van der Waals surface area (Å²) in [5.74, 6) is -1.88. The molecule has 0 radical (unpaired) electrons. The second-order valence-corrected chi connectivity index (χ2v) is 7.23. The average molecular weight is 424 g/mol. The summed E-state index contributed by atoms with van der Waals surface area (Å²) in [7, 11) is 1.27. The molecule has 0 unspecified atom stereocenters. The number of phenolic OH excluding ortho intramolecular Hbond substituents is 2. The Bertz CT molecular complexity index is 1140. The Balaban J connectivity index is 2.02. The maximum Gasteiger partial charge on any atom is 0.306 e. The second kappa shape index (κ2) is 9.34. The van der Waals surface area contributed by atoms with Gasteiger partial charge in [-0.2, -0.15) is 0 Å². The summed E-state index contributed by atoms with van der Waals surface area (Å²) >= 11 is 0. The molecule has 8 nitrogen and oxygen atoms in total. The number of carbonyl (C=O) groups excluding carboxylic acids is 1. The maximum absolute atomic E-state index is 13.4. The van der Waals surface area contributed by atoms with Crippen LogP contribution in [-0.2, 0) is 22.5 Å². The molecule has 31 heavy (non-hydrogen) atoms. The number of benzene rings is 1. The number of methoxy groups -OCH3 is 1. The van der Waals surface area contributed by atoms with Crippen LogP contribution in [0.5, 0.6) is 17.2 Å². The van der Waals surface area contributed by atoms with E-state index in [0.717, 1.165) is 5.56 Å².